The minimum absolute atomic E-state index is 0.198. The summed E-state index contributed by atoms with van der Waals surface area (Å²) in [5.74, 6) is 1.19. The summed E-state index contributed by atoms with van der Waals surface area (Å²) in [6, 6.07) is 11.2. The van der Waals surface area contributed by atoms with Crippen LogP contribution in [0.3, 0.4) is 0 Å². The number of aromatic nitrogens is 4. The van der Waals surface area contributed by atoms with Crippen LogP contribution < -0.4 is 10.2 Å². The Morgan fingerprint density at radius 3 is 2.93 bits per heavy atom. The maximum atomic E-state index is 12.7. The molecule has 1 aliphatic heterocycles. The Balaban J connectivity index is 1.47. The summed E-state index contributed by atoms with van der Waals surface area (Å²) < 4.78 is 7.22. The van der Waals surface area contributed by atoms with E-state index in [-0.39, 0.29) is 5.91 Å². The standard InChI is InChI=1S/C19H18N6O2/c26-19(14-2-1-13-3-5-20-15(13)11-14)23-16-12-18(24-7-9-27-10-8-24)25-17(22-16)4-6-21-25/h1-6,11-12,20H,7-10H2,(H,22,23,26). The molecule has 8 nitrogen and oxygen atoms in total. The number of H-pyrrole nitrogens is 1. The van der Waals surface area contributed by atoms with Crippen LogP contribution in [0.2, 0.25) is 0 Å². The molecule has 0 aliphatic carbocycles. The van der Waals surface area contributed by atoms with Crippen LogP contribution in [0.1, 0.15) is 10.4 Å². The number of carbonyl (C=O) groups excluding carboxylic acids is 1. The van der Waals surface area contributed by atoms with Gasteiger partial charge in [-0.05, 0) is 23.6 Å². The van der Waals surface area contributed by atoms with Gasteiger partial charge in [-0.1, -0.05) is 6.07 Å². The lowest BCUT2D eigenvalue weighted by Crippen LogP contribution is -2.37. The summed E-state index contributed by atoms with van der Waals surface area (Å²) in [5, 5.41) is 8.34. The van der Waals surface area contributed by atoms with Gasteiger partial charge in [0.1, 0.15) is 11.6 Å². The molecule has 2 N–H and O–H groups in total. The van der Waals surface area contributed by atoms with E-state index in [0.717, 1.165) is 29.8 Å². The zero-order chi connectivity index (χ0) is 18.2. The van der Waals surface area contributed by atoms with E-state index in [1.165, 1.54) is 0 Å². The number of fused-ring (bicyclic) bond motifs is 2. The molecule has 1 aromatic carbocycles. The molecule has 136 valence electrons. The monoisotopic (exact) mass is 362 g/mol. The van der Waals surface area contributed by atoms with Crippen molar-refractivity contribution in [2.45, 2.75) is 0 Å². The normalized spacial score (nSPS) is 14.7. The fourth-order valence-electron chi connectivity index (χ4n) is 3.36. The van der Waals surface area contributed by atoms with Crippen molar-refractivity contribution in [3.05, 3.63) is 54.4 Å². The second kappa shape index (κ2) is 6.40. The van der Waals surface area contributed by atoms with Gasteiger partial charge in [0.05, 0.1) is 19.4 Å². The topological polar surface area (TPSA) is 87.6 Å². The first-order valence-corrected chi connectivity index (χ1v) is 8.84. The summed E-state index contributed by atoms with van der Waals surface area (Å²) in [7, 11) is 0. The quantitative estimate of drug-likeness (QED) is 0.584. The first-order valence-electron chi connectivity index (χ1n) is 8.84. The van der Waals surface area contributed by atoms with Crippen molar-refractivity contribution >= 4 is 34.1 Å². The van der Waals surface area contributed by atoms with Gasteiger partial charge >= 0.3 is 0 Å². The van der Waals surface area contributed by atoms with Crippen molar-refractivity contribution in [1.82, 2.24) is 19.6 Å². The molecule has 1 fully saturated rings. The van der Waals surface area contributed by atoms with E-state index in [1.807, 2.05) is 42.6 Å². The van der Waals surface area contributed by atoms with Gasteiger partial charge < -0.3 is 19.9 Å². The van der Waals surface area contributed by atoms with E-state index < -0.39 is 0 Å². The second-order valence-corrected chi connectivity index (χ2v) is 6.43. The van der Waals surface area contributed by atoms with Crippen LogP contribution in [-0.4, -0.2) is 51.8 Å². The molecule has 4 heterocycles. The fourth-order valence-corrected chi connectivity index (χ4v) is 3.36. The Kier molecular flexibility index (Phi) is 3.75. The number of ether oxygens (including phenoxy) is 1. The third-order valence-electron chi connectivity index (χ3n) is 4.73. The molecule has 5 rings (SSSR count). The predicted molar refractivity (Wildman–Crippen MR) is 102 cm³/mol. The second-order valence-electron chi connectivity index (χ2n) is 6.43. The fraction of sp³-hybridized carbons (Fsp3) is 0.211. The number of amides is 1. The van der Waals surface area contributed by atoms with Crippen molar-refractivity contribution in [2.75, 3.05) is 36.5 Å². The van der Waals surface area contributed by atoms with E-state index in [1.54, 1.807) is 10.7 Å². The highest BCUT2D eigenvalue weighted by molar-refractivity contribution is 6.06. The molecule has 0 unspecified atom stereocenters. The van der Waals surface area contributed by atoms with Crippen molar-refractivity contribution in [2.24, 2.45) is 0 Å². The van der Waals surface area contributed by atoms with Gasteiger partial charge in [-0.25, -0.2) is 4.98 Å². The number of morpholine rings is 1. The average molecular weight is 362 g/mol. The number of hydrogen-bond acceptors (Lipinski definition) is 5. The molecule has 1 aliphatic rings. The van der Waals surface area contributed by atoms with Gasteiger partial charge in [0, 0.05) is 42.5 Å². The molecule has 0 atom stereocenters. The summed E-state index contributed by atoms with van der Waals surface area (Å²) in [6.45, 7) is 2.89. The van der Waals surface area contributed by atoms with Gasteiger partial charge in [0.25, 0.3) is 5.91 Å². The molecule has 27 heavy (non-hydrogen) atoms. The van der Waals surface area contributed by atoms with Gasteiger partial charge in [-0.15, -0.1) is 0 Å². The largest absolute Gasteiger partial charge is 0.378 e. The van der Waals surface area contributed by atoms with Crippen LogP contribution in [0.25, 0.3) is 16.6 Å². The minimum Gasteiger partial charge on any atom is -0.378 e. The van der Waals surface area contributed by atoms with Crippen molar-refractivity contribution in [3.63, 3.8) is 0 Å². The number of rotatable bonds is 3. The number of hydrogen-bond donors (Lipinski definition) is 2. The highest BCUT2D eigenvalue weighted by atomic mass is 16.5. The molecule has 0 radical (unpaired) electrons. The van der Waals surface area contributed by atoms with Gasteiger partial charge in [-0.2, -0.15) is 9.61 Å². The van der Waals surface area contributed by atoms with E-state index in [0.29, 0.717) is 30.2 Å². The Bertz CT molecular complexity index is 1130. The van der Waals surface area contributed by atoms with Crippen molar-refractivity contribution < 1.29 is 9.53 Å². The number of benzene rings is 1. The van der Waals surface area contributed by atoms with Crippen molar-refractivity contribution in [3.8, 4) is 0 Å². The Morgan fingerprint density at radius 2 is 2.04 bits per heavy atom. The SMILES string of the molecule is O=C(Nc1cc(N2CCOCC2)n2nccc2n1)c1ccc2cc[nH]c2c1. The number of nitrogens with zero attached hydrogens (tertiary/aromatic N) is 4. The third kappa shape index (κ3) is 2.89. The maximum absolute atomic E-state index is 12.7. The molecular weight excluding hydrogens is 344 g/mol. The first kappa shape index (κ1) is 15.8. The molecule has 1 amide bonds. The number of carbonyl (C=O) groups is 1. The first-order chi connectivity index (χ1) is 13.3. The Labute approximate surface area is 154 Å². The lowest BCUT2D eigenvalue weighted by molar-refractivity contribution is 0.102. The summed E-state index contributed by atoms with van der Waals surface area (Å²) in [5.41, 5.74) is 2.19. The summed E-state index contributed by atoms with van der Waals surface area (Å²) >= 11 is 0. The lowest BCUT2D eigenvalue weighted by atomic mass is 10.1. The van der Waals surface area contributed by atoms with Crippen LogP contribution in [0.5, 0.6) is 0 Å². The molecular formula is C19H18N6O2. The zero-order valence-corrected chi connectivity index (χ0v) is 14.6. The zero-order valence-electron chi connectivity index (χ0n) is 14.6. The Morgan fingerprint density at radius 1 is 1.15 bits per heavy atom. The third-order valence-corrected chi connectivity index (χ3v) is 4.73. The summed E-state index contributed by atoms with van der Waals surface area (Å²) in [6.07, 6.45) is 3.56. The van der Waals surface area contributed by atoms with Crippen LogP contribution >= 0.6 is 0 Å². The van der Waals surface area contributed by atoms with Crippen molar-refractivity contribution in [1.29, 1.82) is 0 Å². The molecule has 3 aromatic heterocycles. The molecule has 1 saturated heterocycles. The molecule has 0 saturated carbocycles. The minimum atomic E-state index is -0.198. The predicted octanol–water partition coefficient (Wildman–Crippen LogP) is 2.30. The van der Waals surface area contributed by atoms with Gasteiger partial charge in [0.2, 0.25) is 0 Å². The smallest absolute Gasteiger partial charge is 0.256 e. The molecule has 4 aromatic rings. The molecule has 8 heteroatoms. The van der Waals surface area contributed by atoms with Crippen LogP contribution in [0.4, 0.5) is 11.6 Å². The molecule has 0 spiro atoms. The van der Waals surface area contributed by atoms with E-state index >= 15 is 0 Å². The number of anilines is 2. The van der Waals surface area contributed by atoms with E-state index in [9.17, 15) is 4.79 Å². The highest BCUT2D eigenvalue weighted by Crippen LogP contribution is 2.22. The van der Waals surface area contributed by atoms with E-state index in [2.05, 4.69) is 25.3 Å². The Hall–Kier alpha value is -3.39. The summed E-state index contributed by atoms with van der Waals surface area (Å²) in [4.78, 5) is 22.5. The average Bonchev–Trinajstić information content (AvgIpc) is 3.36. The number of aromatic amines is 1. The highest BCUT2D eigenvalue weighted by Gasteiger charge is 2.17. The van der Waals surface area contributed by atoms with Crippen LogP contribution in [0, 0.1) is 0 Å². The van der Waals surface area contributed by atoms with Gasteiger partial charge in [0.15, 0.2) is 5.65 Å². The van der Waals surface area contributed by atoms with Crippen LogP contribution in [-0.2, 0) is 4.74 Å². The van der Waals surface area contributed by atoms with Crippen LogP contribution in [0.15, 0.2) is 48.8 Å². The molecule has 0 bridgehead atoms. The lowest BCUT2D eigenvalue weighted by Gasteiger charge is -2.29. The van der Waals surface area contributed by atoms with Gasteiger partial charge in [-0.3, -0.25) is 4.79 Å². The maximum Gasteiger partial charge on any atom is 0.256 e. The number of nitrogens with one attached hydrogen (secondary N) is 2. The van der Waals surface area contributed by atoms with E-state index in [4.69, 9.17) is 4.74 Å².